The first-order valence-corrected chi connectivity index (χ1v) is 7.29. The number of methoxy groups -OCH3 is 1. The largest absolute Gasteiger partial charge is 0.378 e. The van der Waals surface area contributed by atoms with Crippen LogP contribution in [0.15, 0.2) is 36.7 Å². The van der Waals surface area contributed by atoms with Crippen molar-refractivity contribution in [1.29, 1.82) is 0 Å². The highest BCUT2D eigenvalue weighted by atomic mass is 19.1. The highest BCUT2D eigenvalue weighted by molar-refractivity contribution is 5.97. The molecule has 0 bridgehead atoms. The van der Waals surface area contributed by atoms with Gasteiger partial charge in [-0.1, -0.05) is 6.92 Å². The Kier molecular flexibility index (Phi) is 4.16. The van der Waals surface area contributed by atoms with E-state index < -0.39 is 0 Å². The summed E-state index contributed by atoms with van der Waals surface area (Å²) in [6, 6.07) is 6.20. The molecule has 0 aliphatic heterocycles. The topological polar surface area (TPSA) is 57.0 Å². The second kappa shape index (κ2) is 6.26. The van der Waals surface area contributed by atoms with Gasteiger partial charge in [-0.05, 0) is 18.2 Å². The van der Waals surface area contributed by atoms with Gasteiger partial charge >= 0.3 is 0 Å². The second-order valence-corrected chi connectivity index (χ2v) is 5.12. The number of hydrogen-bond acceptors (Lipinski definition) is 4. The molecular weight excluding hydrogens is 297 g/mol. The van der Waals surface area contributed by atoms with E-state index in [2.05, 4.69) is 10.1 Å². The number of hydrogen-bond donors (Lipinski definition) is 0. The van der Waals surface area contributed by atoms with Crippen LogP contribution < -0.4 is 0 Å². The monoisotopic (exact) mass is 313 g/mol. The minimum absolute atomic E-state index is 0.00714. The van der Waals surface area contributed by atoms with Crippen LogP contribution in [0.2, 0.25) is 0 Å². The lowest BCUT2D eigenvalue weighted by Crippen LogP contribution is -2.08. The van der Waals surface area contributed by atoms with Crippen LogP contribution in [-0.4, -0.2) is 27.7 Å². The Balaban J connectivity index is 2.23. The minimum atomic E-state index is -0.346. The molecule has 6 heteroatoms. The van der Waals surface area contributed by atoms with Crippen molar-refractivity contribution in [3.8, 4) is 5.69 Å². The molecule has 2 aromatic heterocycles. The number of carbonyl (C=O) groups is 1. The lowest BCUT2D eigenvalue weighted by atomic mass is 10.1. The molecule has 3 rings (SSSR count). The molecule has 2 heterocycles. The van der Waals surface area contributed by atoms with Gasteiger partial charge in [-0.3, -0.25) is 9.78 Å². The summed E-state index contributed by atoms with van der Waals surface area (Å²) in [6.07, 6.45) is 3.54. The van der Waals surface area contributed by atoms with E-state index >= 15 is 0 Å². The summed E-state index contributed by atoms with van der Waals surface area (Å²) in [4.78, 5) is 16.3. The lowest BCUT2D eigenvalue weighted by Gasteiger charge is -2.11. The Labute approximate surface area is 132 Å². The molecule has 0 spiro atoms. The molecule has 5 nitrogen and oxygen atoms in total. The molecule has 0 aliphatic rings. The van der Waals surface area contributed by atoms with Crippen LogP contribution in [0, 0.1) is 5.82 Å². The van der Waals surface area contributed by atoms with Gasteiger partial charge < -0.3 is 4.74 Å². The SMILES string of the molecule is CCC(=O)c1cnn(-c2ccnc3cc(F)ccc23)c1COC. The third kappa shape index (κ3) is 2.73. The number of ketones is 1. The number of carbonyl (C=O) groups excluding carboxylic acids is 1. The number of pyridine rings is 1. The number of aromatic nitrogens is 3. The maximum absolute atomic E-state index is 13.4. The minimum Gasteiger partial charge on any atom is -0.378 e. The van der Waals surface area contributed by atoms with E-state index in [1.165, 1.54) is 12.1 Å². The zero-order valence-corrected chi connectivity index (χ0v) is 12.9. The predicted molar refractivity (Wildman–Crippen MR) is 84.2 cm³/mol. The first-order valence-electron chi connectivity index (χ1n) is 7.29. The number of benzene rings is 1. The van der Waals surface area contributed by atoms with E-state index in [0.717, 1.165) is 11.1 Å². The molecule has 0 unspecified atom stereocenters. The van der Waals surface area contributed by atoms with Crippen LogP contribution in [0.1, 0.15) is 29.4 Å². The number of rotatable bonds is 5. The Morgan fingerprint density at radius 1 is 1.35 bits per heavy atom. The van der Waals surface area contributed by atoms with Crippen LogP contribution in [0.3, 0.4) is 0 Å². The van der Waals surface area contributed by atoms with Gasteiger partial charge in [-0.2, -0.15) is 5.10 Å². The van der Waals surface area contributed by atoms with Crippen LogP contribution in [0.5, 0.6) is 0 Å². The van der Waals surface area contributed by atoms with Gasteiger partial charge in [-0.25, -0.2) is 9.07 Å². The molecule has 0 saturated heterocycles. The number of nitrogens with zero attached hydrogens (tertiary/aromatic N) is 3. The third-order valence-electron chi connectivity index (χ3n) is 3.68. The fraction of sp³-hybridized carbons (Fsp3) is 0.235. The summed E-state index contributed by atoms with van der Waals surface area (Å²) < 4.78 is 20.3. The van der Waals surface area contributed by atoms with Crippen LogP contribution in [0.25, 0.3) is 16.6 Å². The molecule has 1 aromatic carbocycles. The van der Waals surface area contributed by atoms with Crippen LogP contribution in [-0.2, 0) is 11.3 Å². The number of fused-ring (bicyclic) bond motifs is 1. The van der Waals surface area contributed by atoms with E-state index in [0.29, 0.717) is 23.2 Å². The Hall–Kier alpha value is -2.60. The van der Waals surface area contributed by atoms with Gasteiger partial charge in [0, 0.05) is 31.2 Å². The fourth-order valence-electron chi connectivity index (χ4n) is 2.57. The summed E-state index contributed by atoms with van der Waals surface area (Å²) in [5.41, 5.74) is 2.49. The zero-order valence-electron chi connectivity index (χ0n) is 12.9. The molecule has 0 atom stereocenters. The van der Waals surface area contributed by atoms with Gasteiger partial charge in [0.25, 0.3) is 0 Å². The standard InChI is InChI=1S/C17H16FN3O2/c1-3-17(22)13-9-20-21(16(13)10-23-2)15-6-7-19-14-8-11(18)4-5-12(14)15/h4-9H,3,10H2,1-2H3. The summed E-state index contributed by atoms with van der Waals surface area (Å²) in [5.74, 6) is -0.339. The molecule has 3 aromatic rings. The molecule has 0 radical (unpaired) electrons. The smallest absolute Gasteiger partial charge is 0.166 e. The molecule has 0 saturated carbocycles. The molecule has 118 valence electrons. The number of Topliss-reactive ketones (excluding diaryl/α,β-unsaturated/α-hetero) is 1. The molecule has 23 heavy (non-hydrogen) atoms. The Bertz CT molecular complexity index is 873. The van der Waals surface area contributed by atoms with Gasteiger partial charge in [0.05, 0.1) is 35.3 Å². The van der Waals surface area contributed by atoms with Crippen molar-refractivity contribution >= 4 is 16.7 Å². The van der Waals surface area contributed by atoms with Crippen molar-refractivity contribution in [2.45, 2.75) is 20.0 Å². The average Bonchev–Trinajstić information content (AvgIpc) is 2.97. The van der Waals surface area contributed by atoms with Gasteiger partial charge in [0.15, 0.2) is 5.78 Å². The molecule has 0 fully saturated rings. The van der Waals surface area contributed by atoms with E-state index in [9.17, 15) is 9.18 Å². The Morgan fingerprint density at radius 3 is 2.91 bits per heavy atom. The zero-order chi connectivity index (χ0) is 16.4. The second-order valence-electron chi connectivity index (χ2n) is 5.12. The van der Waals surface area contributed by atoms with Crippen molar-refractivity contribution in [3.05, 3.63) is 53.7 Å². The summed E-state index contributed by atoms with van der Waals surface area (Å²) in [6.45, 7) is 2.06. The van der Waals surface area contributed by atoms with Crippen LogP contribution in [0.4, 0.5) is 4.39 Å². The van der Waals surface area contributed by atoms with E-state index in [-0.39, 0.29) is 18.2 Å². The molecule has 0 aliphatic carbocycles. The normalized spacial score (nSPS) is 11.1. The molecular formula is C17H16FN3O2. The highest BCUT2D eigenvalue weighted by Gasteiger charge is 2.18. The van der Waals surface area contributed by atoms with Crippen molar-refractivity contribution in [1.82, 2.24) is 14.8 Å². The quantitative estimate of drug-likeness (QED) is 0.678. The number of ether oxygens (including phenoxy) is 1. The predicted octanol–water partition coefficient (Wildman–Crippen LogP) is 3.30. The summed E-state index contributed by atoms with van der Waals surface area (Å²) in [5, 5.41) is 5.10. The van der Waals surface area contributed by atoms with Crippen molar-refractivity contribution in [2.75, 3.05) is 7.11 Å². The third-order valence-corrected chi connectivity index (χ3v) is 3.68. The Morgan fingerprint density at radius 2 is 2.17 bits per heavy atom. The average molecular weight is 313 g/mol. The first kappa shape index (κ1) is 15.3. The van der Waals surface area contributed by atoms with Crippen molar-refractivity contribution < 1.29 is 13.9 Å². The highest BCUT2D eigenvalue weighted by Crippen LogP contribution is 2.24. The van der Waals surface area contributed by atoms with Crippen molar-refractivity contribution in [3.63, 3.8) is 0 Å². The molecule has 0 N–H and O–H groups in total. The van der Waals surface area contributed by atoms with Gasteiger partial charge in [0.1, 0.15) is 5.82 Å². The fourth-order valence-corrected chi connectivity index (χ4v) is 2.57. The number of halogens is 1. The first-order chi connectivity index (χ1) is 11.2. The maximum atomic E-state index is 13.4. The van der Waals surface area contributed by atoms with E-state index in [1.54, 1.807) is 43.2 Å². The summed E-state index contributed by atoms with van der Waals surface area (Å²) >= 11 is 0. The van der Waals surface area contributed by atoms with Gasteiger partial charge in [-0.15, -0.1) is 0 Å². The van der Waals surface area contributed by atoms with Crippen LogP contribution >= 0.6 is 0 Å². The van der Waals surface area contributed by atoms with Crippen molar-refractivity contribution in [2.24, 2.45) is 0 Å². The van der Waals surface area contributed by atoms with Gasteiger partial charge in [0.2, 0.25) is 0 Å². The summed E-state index contributed by atoms with van der Waals surface area (Å²) in [7, 11) is 1.57. The molecule has 0 amide bonds. The van der Waals surface area contributed by atoms with E-state index in [1.807, 2.05) is 0 Å². The maximum Gasteiger partial charge on any atom is 0.166 e. The van der Waals surface area contributed by atoms with E-state index in [4.69, 9.17) is 4.74 Å². The lowest BCUT2D eigenvalue weighted by molar-refractivity contribution is 0.0983.